The van der Waals surface area contributed by atoms with Crippen LogP contribution in [0.2, 0.25) is 0 Å². The topological polar surface area (TPSA) is 6.48 Å². The van der Waals surface area contributed by atoms with Crippen LogP contribution in [0, 0.1) is 0 Å². The van der Waals surface area contributed by atoms with E-state index in [2.05, 4.69) is 295 Å². The Morgan fingerprint density at radius 3 is 1.04 bits per heavy atom. The van der Waals surface area contributed by atoms with E-state index >= 15 is 0 Å². The quantitative estimate of drug-likeness (QED) is 0.121. The second-order valence-corrected chi connectivity index (χ2v) is 17.2. The molecule has 2 nitrogen and oxygen atoms in total. The Balaban J connectivity index is 0.894. The minimum absolute atomic E-state index is 0.174. The first kappa shape index (κ1) is 41.9. The molecular formula is C66H50N2. The molecule has 0 saturated heterocycles. The van der Waals surface area contributed by atoms with Gasteiger partial charge < -0.3 is 9.80 Å². The molecule has 0 N–H and O–H groups in total. The van der Waals surface area contributed by atoms with Crippen LogP contribution < -0.4 is 9.80 Å². The summed E-state index contributed by atoms with van der Waals surface area (Å²) < 4.78 is 0. The molecule has 0 radical (unpaired) electrons. The van der Waals surface area contributed by atoms with E-state index in [4.69, 9.17) is 0 Å². The van der Waals surface area contributed by atoms with Crippen molar-refractivity contribution >= 4 is 39.7 Å². The Kier molecular flexibility index (Phi) is 12.0. The molecular weight excluding hydrogens is 821 g/mol. The van der Waals surface area contributed by atoms with Crippen molar-refractivity contribution in [1.29, 1.82) is 0 Å². The molecule has 11 rings (SSSR count). The van der Waals surface area contributed by atoms with Gasteiger partial charge in [-0.1, -0.05) is 212 Å². The van der Waals surface area contributed by atoms with E-state index in [-0.39, 0.29) is 5.92 Å². The Hall–Kier alpha value is -8.72. The van der Waals surface area contributed by atoms with E-state index in [1.165, 1.54) is 61.2 Å². The molecule has 10 aromatic carbocycles. The fourth-order valence-corrected chi connectivity index (χ4v) is 9.75. The highest BCUT2D eigenvalue weighted by molar-refractivity contribution is 5.89. The molecule has 324 valence electrons. The molecule has 0 heterocycles. The number of anilines is 6. The van der Waals surface area contributed by atoms with Gasteiger partial charge in [-0.25, -0.2) is 0 Å². The van der Waals surface area contributed by atoms with Crippen molar-refractivity contribution in [2.24, 2.45) is 0 Å². The number of hydrogen-bond donors (Lipinski definition) is 0. The normalized spacial score (nSPS) is 13.1. The second kappa shape index (κ2) is 19.4. The van der Waals surface area contributed by atoms with Crippen LogP contribution in [0.25, 0.3) is 50.1 Å². The third kappa shape index (κ3) is 8.72. The smallest absolute Gasteiger partial charge is 0.0462 e. The molecule has 1 aliphatic rings. The summed E-state index contributed by atoms with van der Waals surface area (Å²) in [7, 11) is 0. The maximum absolute atomic E-state index is 2.34. The summed E-state index contributed by atoms with van der Waals surface area (Å²) in [6.45, 7) is 0. The summed E-state index contributed by atoms with van der Waals surface area (Å²) in [6, 6.07) is 96.2. The first-order valence-electron chi connectivity index (χ1n) is 23.5. The Labute approximate surface area is 400 Å². The number of nitrogens with zero attached hydrogens (tertiary/aromatic N) is 2. The first-order valence-corrected chi connectivity index (χ1v) is 23.5. The Bertz CT molecular complexity index is 3300. The van der Waals surface area contributed by atoms with Gasteiger partial charge in [-0.15, -0.1) is 0 Å². The van der Waals surface area contributed by atoms with Gasteiger partial charge in [0, 0.05) is 40.0 Å². The standard InChI is InChI=1S/C66H50N2/c1-5-19-49(20-6-1)51-33-41-57(42-34-51)67(55-23-9-3-10-24-55)59-45-37-53(38-46-59)61-27-13-15-29-63(61)65-31-17-18-32-66(65)64-30-16-14-28-62(64)54-39-47-60(48-40-54)68(56-25-11-4-12-26-56)58-43-35-52(36-44-58)50-21-7-2-8-22-50/h1-31,33-48,66H,32H2. The lowest BCUT2D eigenvalue weighted by atomic mass is 9.77. The average molecular weight is 871 g/mol. The zero-order valence-corrected chi connectivity index (χ0v) is 37.8. The molecule has 10 aromatic rings. The van der Waals surface area contributed by atoms with Crippen molar-refractivity contribution in [3.63, 3.8) is 0 Å². The zero-order chi connectivity index (χ0) is 45.5. The highest BCUT2D eigenvalue weighted by atomic mass is 15.1. The summed E-state index contributed by atoms with van der Waals surface area (Å²) in [6.07, 6.45) is 7.80. The highest BCUT2D eigenvalue weighted by Crippen LogP contribution is 2.46. The largest absolute Gasteiger partial charge is 0.311 e. The molecule has 0 aromatic heterocycles. The number of allylic oxidation sites excluding steroid dienone is 4. The van der Waals surface area contributed by atoms with Crippen LogP contribution >= 0.6 is 0 Å². The Morgan fingerprint density at radius 1 is 0.265 bits per heavy atom. The van der Waals surface area contributed by atoms with Gasteiger partial charge in [0.05, 0.1) is 0 Å². The average Bonchev–Trinajstić information content (AvgIpc) is 3.43. The van der Waals surface area contributed by atoms with Crippen LogP contribution in [0.15, 0.2) is 285 Å². The van der Waals surface area contributed by atoms with Gasteiger partial charge in [0.2, 0.25) is 0 Å². The van der Waals surface area contributed by atoms with Gasteiger partial charge in [0.25, 0.3) is 0 Å². The SMILES string of the molecule is C1=CCC(c2ccccc2-c2ccc(N(c3ccccc3)c3ccc(-c4ccccc4)cc3)cc2)C(c2ccccc2-c2ccc(N(c3ccccc3)c3ccc(-c4ccccc4)cc3)cc2)=C1. The van der Waals surface area contributed by atoms with Crippen LogP contribution in [0.1, 0.15) is 23.5 Å². The fraction of sp³-hybridized carbons (Fsp3) is 0.0303. The van der Waals surface area contributed by atoms with E-state index in [0.717, 1.165) is 40.5 Å². The first-order chi connectivity index (χ1) is 33.7. The summed E-state index contributed by atoms with van der Waals surface area (Å²) in [4.78, 5) is 4.67. The molecule has 2 heteroatoms. The van der Waals surface area contributed by atoms with Crippen molar-refractivity contribution < 1.29 is 0 Å². The molecule has 0 aliphatic heterocycles. The van der Waals surface area contributed by atoms with Crippen molar-refractivity contribution in [3.05, 3.63) is 296 Å². The number of para-hydroxylation sites is 2. The number of benzene rings is 10. The van der Waals surface area contributed by atoms with Crippen molar-refractivity contribution in [3.8, 4) is 44.5 Å². The fourth-order valence-electron chi connectivity index (χ4n) is 9.75. The minimum Gasteiger partial charge on any atom is -0.311 e. The van der Waals surface area contributed by atoms with Crippen LogP contribution in [0.4, 0.5) is 34.1 Å². The minimum atomic E-state index is 0.174. The third-order valence-electron chi connectivity index (χ3n) is 13.1. The van der Waals surface area contributed by atoms with Crippen LogP contribution in [-0.4, -0.2) is 0 Å². The molecule has 0 amide bonds. The number of hydrogen-bond acceptors (Lipinski definition) is 2. The van der Waals surface area contributed by atoms with Gasteiger partial charge in [0.1, 0.15) is 0 Å². The van der Waals surface area contributed by atoms with Crippen LogP contribution in [0.3, 0.4) is 0 Å². The van der Waals surface area contributed by atoms with Gasteiger partial charge in [-0.2, -0.15) is 0 Å². The van der Waals surface area contributed by atoms with Crippen molar-refractivity contribution in [1.82, 2.24) is 0 Å². The van der Waals surface area contributed by atoms with Gasteiger partial charge in [-0.05, 0) is 140 Å². The Morgan fingerprint density at radius 2 is 0.588 bits per heavy atom. The van der Waals surface area contributed by atoms with Crippen LogP contribution in [0.5, 0.6) is 0 Å². The van der Waals surface area contributed by atoms with E-state index < -0.39 is 0 Å². The van der Waals surface area contributed by atoms with Gasteiger partial charge in [0.15, 0.2) is 0 Å². The lowest BCUT2D eigenvalue weighted by Gasteiger charge is -2.28. The summed E-state index contributed by atoms with van der Waals surface area (Å²) in [5, 5.41) is 0. The van der Waals surface area contributed by atoms with Crippen molar-refractivity contribution in [2.75, 3.05) is 9.80 Å². The third-order valence-corrected chi connectivity index (χ3v) is 13.1. The molecule has 0 spiro atoms. The second-order valence-electron chi connectivity index (χ2n) is 17.2. The summed E-state index contributed by atoms with van der Waals surface area (Å²) in [5.74, 6) is 0.174. The van der Waals surface area contributed by atoms with Crippen molar-refractivity contribution in [2.45, 2.75) is 12.3 Å². The van der Waals surface area contributed by atoms with E-state index in [9.17, 15) is 0 Å². The molecule has 1 unspecified atom stereocenters. The summed E-state index contributed by atoms with van der Waals surface area (Å²) >= 11 is 0. The molecule has 68 heavy (non-hydrogen) atoms. The molecule has 1 aliphatic carbocycles. The lowest BCUT2D eigenvalue weighted by molar-refractivity contribution is 0.876. The predicted molar refractivity (Wildman–Crippen MR) is 288 cm³/mol. The molecule has 0 bridgehead atoms. The molecule has 1 atom stereocenters. The molecule has 0 fully saturated rings. The zero-order valence-electron chi connectivity index (χ0n) is 37.8. The lowest BCUT2D eigenvalue weighted by Crippen LogP contribution is -2.10. The van der Waals surface area contributed by atoms with Gasteiger partial charge >= 0.3 is 0 Å². The monoisotopic (exact) mass is 870 g/mol. The maximum Gasteiger partial charge on any atom is 0.0462 e. The highest BCUT2D eigenvalue weighted by Gasteiger charge is 2.25. The van der Waals surface area contributed by atoms with E-state index in [1.807, 2.05) is 0 Å². The predicted octanol–water partition coefficient (Wildman–Crippen LogP) is 18.4. The van der Waals surface area contributed by atoms with E-state index in [1.54, 1.807) is 0 Å². The van der Waals surface area contributed by atoms with Crippen LogP contribution in [-0.2, 0) is 0 Å². The maximum atomic E-state index is 2.34. The number of rotatable bonds is 12. The van der Waals surface area contributed by atoms with Gasteiger partial charge in [-0.3, -0.25) is 0 Å². The summed E-state index contributed by atoms with van der Waals surface area (Å²) in [5.41, 5.74) is 20.3. The molecule has 0 saturated carbocycles. The van der Waals surface area contributed by atoms with E-state index in [0.29, 0.717) is 0 Å².